The zero-order chi connectivity index (χ0) is 20.9. The van der Waals surface area contributed by atoms with Crippen LogP contribution in [0.3, 0.4) is 0 Å². The maximum Gasteiger partial charge on any atom is 0.407 e. The lowest BCUT2D eigenvalue weighted by atomic mass is 9.92. The molecule has 5 nitrogen and oxygen atoms in total. The fourth-order valence-corrected chi connectivity index (χ4v) is 4.62. The molecule has 0 saturated heterocycles. The first kappa shape index (κ1) is 20.2. The Morgan fingerprint density at radius 2 is 1.53 bits per heavy atom. The number of allylic oxidation sites excluding steroid dienone is 2. The van der Waals surface area contributed by atoms with Gasteiger partial charge in [0.1, 0.15) is 12.6 Å². The number of hydrogen-bond donors (Lipinski definition) is 2. The maximum atomic E-state index is 12.4. The van der Waals surface area contributed by atoms with Crippen molar-refractivity contribution in [2.24, 2.45) is 5.92 Å². The minimum atomic E-state index is -1.01. The van der Waals surface area contributed by atoms with Gasteiger partial charge in [0.05, 0.1) is 0 Å². The van der Waals surface area contributed by atoms with Crippen molar-refractivity contribution in [3.63, 3.8) is 0 Å². The van der Waals surface area contributed by atoms with Gasteiger partial charge in [0.25, 0.3) is 0 Å². The van der Waals surface area contributed by atoms with Crippen LogP contribution >= 0.6 is 0 Å². The number of carbonyl (C=O) groups is 2. The van der Waals surface area contributed by atoms with Crippen molar-refractivity contribution in [3.8, 4) is 11.1 Å². The van der Waals surface area contributed by atoms with E-state index in [9.17, 15) is 14.7 Å². The molecule has 0 radical (unpaired) electrons. The van der Waals surface area contributed by atoms with Gasteiger partial charge < -0.3 is 15.2 Å². The van der Waals surface area contributed by atoms with Crippen LogP contribution in [0.5, 0.6) is 0 Å². The molecule has 4 rings (SSSR count). The molecule has 0 aliphatic heterocycles. The number of amides is 1. The molecule has 0 aromatic heterocycles. The van der Waals surface area contributed by atoms with Crippen LogP contribution in [0.25, 0.3) is 11.1 Å². The van der Waals surface area contributed by atoms with Gasteiger partial charge in [0, 0.05) is 5.92 Å². The van der Waals surface area contributed by atoms with Crippen LogP contribution in [-0.4, -0.2) is 29.8 Å². The van der Waals surface area contributed by atoms with Crippen LogP contribution in [0.1, 0.15) is 49.1 Å². The van der Waals surface area contributed by atoms with E-state index in [1.807, 2.05) is 24.3 Å². The number of alkyl carbamates (subject to hydrolysis) is 1. The Labute approximate surface area is 176 Å². The van der Waals surface area contributed by atoms with Crippen molar-refractivity contribution in [1.29, 1.82) is 0 Å². The third kappa shape index (κ3) is 4.40. The van der Waals surface area contributed by atoms with Gasteiger partial charge in [-0.3, -0.25) is 0 Å². The van der Waals surface area contributed by atoms with E-state index >= 15 is 0 Å². The Balaban J connectivity index is 1.38. The Bertz CT molecular complexity index is 896. The van der Waals surface area contributed by atoms with E-state index in [4.69, 9.17) is 4.74 Å². The molecule has 2 aromatic rings. The van der Waals surface area contributed by atoms with Crippen molar-refractivity contribution >= 4 is 12.1 Å². The van der Waals surface area contributed by atoms with Gasteiger partial charge in [-0.1, -0.05) is 60.7 Å². The fraction of sp³-hybridized carbons (Fsp3) is 0.360. The number of hydrogen-bond acceptors (Lipinski definition) is 3. The molecule has 1 amide bonds. The summed E-state index contributed by atoms with van der Waals surface area (Å²) in [6, 6.07) is 15.3. The molecule has 2 aliphatic carbocycles. The number of carbonyl (C=O) groups excluding carboxylic acids is 1. The predicted molar refractivity (Wildman–Crippen MR) is 115 cm³/mol. The monoisotopic (exact) mass is 405 g/mol. The molecule has 0 heterocycles. The number of fused-ring (bicyclic) bond motifs is 3. The van der Waals surface area contributed by atoms with Crippen molar-refractivity contribution in [1.82, 2.24) is 5.32 Å². The highest BCUT2D eigenvalue weighted by Crippen LogP contribution is 2.44. The molecule has 2 aliphatic rings. The van der Waals surface area contributed by atoms with Crippen LogP contribution in [0, 0.1) is 5.92 Å². The molecular formula is C25H27NO4. The molecule has 1 unspecified atom stereocenters. The molecule has 1 atom stereocenters. The normalized spacial score (nSPS) is 16.9. The minimum absolute atomic E-state index is 0.0423. The zero-order valence-corrected chi connectivity index (χ0v) is 16.9. The Morgan fingerprint density at radius 1 is 0.967 bits per heavy atom. The first-order valence-corrected chi connectivity index (χ1v) is 10.6. The quantitative estimate of drug-likeness (QED) is 0.655. The molecule has 0 bridgehead atoms. The Morgan fingerprint density at radius 3 is 2.10 bits per heavy atom. The molecule has 0 spiro atoms. The van der Waals surface area contributed by atoms with Gasteiger partial charge in [-0.2, -0.15) is 0 Å². The van der Waals surface area contributed by atoms with Crippen LogP contribution in [0.15, 0.2) is 60.7 Å². The average Bonchev–Trinajstić information content (AvgIpc) is 2.88. The first-order chi connectivity index (χ1) is 14.6. The molecule has 0 fully saturated rings. The van der Waals surface area contributed by atoms with Gasteiger partial charge in [0.2, 0.25) is 0 Å². The summed E-state index contributed by atoms with van der Waals surface area (Å²) in [5.41, 5.74) is 4.58. The molecule has 30 heavy (non-hydrogen) atoms. The summed E-state index contributed by atoms with van der Waals surface area (Å²) < 4.78 is 5.51. The number of aliphatic carboxylic acids is 1. The highest BCUT2D eigenvalue weighted by atomic mass is 16.5. The Hall–Kier alpha value is -3.08. The average molecular weight is 405 g/mol. The first-order valence-electron chi connectivity index (χ1n) is 10.6. The number of rotatable bonds is 6. The topological polar surface area (TPSA) is 75.6 Å². The fourth-order valence-electron chi connectivity index (χ4n) is 4.62. The maximum absolute atomic E-state index is 12.4. The Kier molecular flexibility index (Phi) is 6.17. The van der Waals surface area contributed by atoms with Crippen LogP contribution in [-0.2, 0) is 9.53 Å². The van der Waals surface area contributed by atoms with Gasteiger partial charge >= 0.3 is 12.1 Å². The highest BCUT2D eigenvalue weighted by molar-refractivity contribution is 5.81. The van der Waals surface area contributed by atoms with Crippen molar-refractivity contribution in [2.45, 2.75) is 44.1 Å². The van der Waals surface area contributed by atoms with E-state index < -0.39 is 18.1 Å². The molecule has 5 heteroatoms. The van der Waals surface area contributed by atoms with E-state index in [-0.39, 0.29) is 18.4 Å². The second-order valence-corrected chi connectivity index (χ2v) is 8.09. The number of carboxylic acid groups (broad SMARTS) is 1. The SMILES string of the molecule is O=C(NC(CC1CCC=CCC1)C(=O)O)OCC1c2ccccc2-c2ccccc21. The summed E-state index contributed by atoms with van der Waals surface area (Å²) in [5.74, 6) is -0.768. The summed E-state index contributed by atoms with van der Waals surface area (Å²) in [4.78, 5) is 24.1. The second kappa shape index (κ2) is 9.16. The molecule has 2 N–H and O–H groups in total. The van der Waals surface area contributed by atoms with Crippen molar-refractivity contribution < 1.29 is 19.4 Å². The van der Waals surface area contributed by atoms with E-state index in [1.165, 1.54) is 0 Å². The molecular weight excluding hydrogens is 378 g/mol. The summed E-state index contributed by atoms with van der Waals surface area (Å²) in [7, 11) is 0. The number of benzene rings is 2. The summed E-state index contributed by atoms with van der Waals surface area (Å²) >= 11 is 0. The van der Waals surface area contributed by atoms with Crippen LogP contribution in [0.2, 0.25) is 0 Å². The number of carboxylic acids is 1. The summed E-state index contributed by atoms with van der Waals surface area (Å²) in [6.07, 6.45) is 7.88. The van der Waals surface area contributed by atoms with Gasteiger partial charge in [-0.05, 0) is 60.3 Å². The van der Waals surface area contributed by atoms with Crippen LogP contribution < -0.4 is 5.32 Å². The van der Waals surface area contributed by atoms with E-state index in [0.717, 1.165) is 47.9 Å². The number of nitrogens with one attached hydrogen (secondary N) is 1. The van der Waals surface area contributed by atoms with E-state index in [0.29, 0.717) is 6.42 Å². The summed E-state index contributed by atoms with van der Waals surface area (Å²) in [6.45, 7) is 0.180. The van der Waals surface area contributed by atoms with E-state index in [1.54, 1.807) is 0 Å². The predicted octanol–water partition coefficient (Wildman–Crippen LogP) is 5.11. The summed E-state index contributed by atoms with van der Waals surface area (Å²) in [5, 5.41) is 12.2. The van der Waals surface area contributed by atoms with Gasteiger partial charge in [0.15, 0.2) is 0 Å². The largest absolute Gasteiger partial charge is 0.480 e. The van der Waals surface area contributed by atoms with Gasteiger partial charge in [-0.15, -0.1) is 0 Å². The molecule has 156 valence electrons. The van der Waals surface area contributed by atoms with Crippen molar-refractivity contribution in [2.75, 3.05) is 6.61 Å². The third-order valence-electron chi connectivity index (χ3n) is 6.15. The van der Waals surface area contributed by atoms with Crippen molar-refractivity contribution in [3.05, 3.63) is 71.8 Å². The van der Waals surface area contributed by atoms with Gasteiger partial charge in [-0.25, -0.2) is 9.59 Å². The lowest BCUT2D eigenvalue weighted by molar-refractivity contribution is -0.139. The third-order valence-corrected chi connectivity index (χ3v) is 6.15. The smallest absolute Gasteiger partial charge is 0.407 e. The second-order valence-electron chi connectivity index (χ2n) is 8.09. The highest BCUT2D eigenvalue weighted by Gasteiger charge is 2.30. The van der Waals surface area contributed by atoms with E-state index in [2.05, 4.69) is 41.7 Å². The minimum Gasteiger partial charge on any atom is -0.480 e. The lowest BCUT2D eigenvalue weighted by Crippen LogP contribution is -2.42. The standard InChI is InChI=1S/C25H27NO4/c27-24(28)23(15-17-9-3-1-2-4-10-17)26-25(29)30-16-22-20-13-7-5-11-18(20)19-12-6-8-14-21(19)22/h1-2,5-8,11-14,17,22-23H,3-4,9-10,15-16H2,(H,26,29)(H,27,28). The number of ether oxygens (including phenoxy) is 1. The lowest BCUT2D eigenvalue weighted by Gasteiger charge is -2.21. The molecule has 0 saturated carbocycles. The zero-order valence-electron chi connectivity index (χ0n) is 16.9. The van der Waals surface area contributed by atoms with Crippen LogP contribution in [0.4, 0.5) is 4.79 Å². The molecule has 2 aromatic carbocycles.